The molecule has 0 unspecified atom stereocenters. The Morgan fingerprint density at radius 3 is 2.40 bits per heavy atom. The van der Waals surface area contributed by atoms with Crippen molar-refractivity contribution in [3.63, 3.8) is 0 Å². The second kappa shape index (κ2) is 6.76. The van der Waals surface area contributed by atoms with Crippen molar-refractivity contribution in [2.45, 2.75) is 59.9 Å². The van der Waals surface area contributed by atoms with Crippen molar-refractivity contribution >= 4 is 0 Å². The molecule has 1 aromatic carbocycles. The first-order valence-electron chi connectivity index (χ1n) is 8.21. The van der Waals surface area contributed by atoms with Crippen LogP contribution in [-0.4, -0.2) is 6.54 Å². The minimum absolute atomic E-state index is 0.500. The van der Waals surface area contributed by atoms with Gasteiger partial charge in [0, 0.05) is 6.54 Å². The smallest absolute Gasteiger partial charge is 0.0205 e. The molecule has 1 N–H and O–H groups in total. The van der Waals surface area contributed by atoms with Crippen molar-refractivity contribution in [1.29, 1.82) is 0 Å². The molecular weight excluding hydrogens is 242 g/mol. The zero-order valence-corrected chi connectivity index (χ0v) is 13.7. The minimum Gasteiger partial charge on any atom is -0.312 e. The molecule has 1 aliphatic carbocycles. The van der Waals surface area contributed by atoms with Crippen molar-refractivity contribution in [3.05, 3.63) is 35.4 Å². The van der Waals surface area contributed by atoms with Crippen molar-refractivity contribution in [2.75, 3.05) is 6.54 Å². The van der Waals surface area contributed by atoms with Gasteiger partial charge in [0.25, 0.3) is 0 Å². The maximum Gasteiger partial charge on any atom is 0.0205 e. The summed E-state index contributed by atoms with van der Waals surface area (Å²) >= 11 is 0. The summed E-state index contributed by atoms with van der Waals surface area (Å²) in [6.07, 6.45) is 5.64. The molecule has 2 rings (SSSR count). The Morgan fingerprint density at radius 1 is 1.10 bits per heavy atom. The Kier molecular flexibility index (Phi) is 5.26. The van der Waals surface area contributed by atoms with E-state index < -0.39 is 0 Å². The van der Waals surface area contributed by atoms with Crippen LogP contribution in [-0.2, 0) is 6.54 Å². The third-order valence-corrected chi connectivity index (χ3v) is 4.92. The molecule has 0 aromatic heterocycles. The molecule has 1 aliphatic rings. The van der Waals surface area contributed by atoms with Crippen molar-refractivity contribution < 1.29 is 0 Å². The third-order valence-electron chi connectivity index (χ3n) is 4.92. The minimum atomic E-state index is 0.500. The van der Waals surface area contributed by atoms with Crippen LogP contribution in [0, 0.1) is 24.2 Å². The molecular formula is C19H31N. The normalized spacial score (nSPS) is 23.8. The molecule has 20 heavy (non-hydrogen) atoms. The average molecular weight is 273 g/mol. The maximum atomic E-state index is 3.65. The van der Waals surface area contributed by atoms with Crippen LogP contribution in [0.3, 0.4) is 0 Å². The van der Waals surface area contributed by atoms with Gasteiger partial charge >= 0.3 is 0 Å². The molecule has 0 spiro atoms. The number of rotatable bonds is 4. The van der Waals surface area contributed by atoms with E-state index in [-0.39, 0.29) is 0 Å². The highest BCUT2D eigenvalue weighted by atomic mass is 14.9. The quantitative estimate of drug-likeness (QED) is 0.819. The van der Waals surface area contributed by atoms with Gasteiger partial charge in [0.15, 0.2) is 0 Å². The van der Waals surface area contributed by atoms with E-state index in [0.717, 1.165) is 18.4 Å². The molecule has 0 saturated heterocycles. The van der Waals surface area contributed by atoms with Gasteiger partial charge in [-0.2, -0.15) is 0 Å². The van der Waals surface area contributed by atoms with E-state index in [4.69, 9.17) is 0 Å². The van der Waals surface area contributed by atoms with E-state index in [2.05, 4.69) is 57.3 Å². The van der Waals surface area contributed by atoms with Crippen LogP contribution < -0.4 is 5.32 Å². The molecule has 1 heteroatoms. The first-order valence-corrected chi connectivity index (χ1v) is 8.21. The van der Waals surface area contributed by atoms with E-state index in [1.54, 1.807) is 0 Å². The average Bonchev–Trinajstić information content (AvgIpc) is 2.38. The number of hydrogen-bond acceptors (Lipinski definition) is 1. The maximum absolute atomic E-state index is 3.65. The third kappa shape index (κ3) is 4.63. The van der Waals surface area contributed by atoms with Crippen molar-refractivity contribution in [3.8, 4) is 0 Å². The molecule has 0 atom stereocenters. The molecule has 1 saturated carbocycles. The highest BCUT2D eigenvalue weighted by Crippen LogP contribution is 2.39. The predicted octanol–water partition coefficient (Wildman–Crippen LogP) is 4.94. The van der Waals surface area contributed by atoms with Crippen LogP contribution in [0.25, 0.3) is 0 Å². The van der Waals surface area contributed by atoms with Crippen LogP contribution in [0.4, 0.5) is 0 Å². The van der Waals surface area contributed by atoms with E-state index in [1.165, 1.54) is 43.4 Å². The van der Waals surface area contributed by atoms with Crippen molar-refractivity contribution in [1.82, 2.24) is 5.32 Å². The van der Waals surface area contributed by atoms with Crippen LogP contribution in [0.5, 0.6) is 0 Å². The van der Waals surface area contributed by atoms with E-state index in [0.29, 0.717) is 5.41 Å². The lowest BCUT2D eigenvalue weighted by Gasteiger charge is -2.37. The number of hydrogen-bond donors (Lipinski definition) is 1. The summed E-state index contributed by atoms with van der Waals surface area (Å²) in [5, 5.41) is 3.65. The van der Waals surface area contributed by atoms with Crippen molar-refractivity contribution in [2.24, 2.45) is 17.3 Å². The molecule has 0 aliphatic heterocycles. The van der Waals surface area contributed by atoms with Gasteiger partial charge < -0.3 is 5.32 Å². The van der Waals surface area contributed by atoms with Gasteiger partial charge in [-0.1, -0.05) is 50.6 Å². The largest absolute Gasteiger partial charge is 0.312 e. The van der Waals surface area contributed by atoms with Crippen LogP contribution in [0.1, 0.15) is 57.6 Å². The molecule has 0 heterocycles. The molecule has 0 radical (unpaired) electrons. The zero-order valence-electron chi connectivity index (χ0n) is 13.7. The Balaban J connectivity index is 1.69. The Hall–Kier alpha value is -0.820. The molecule has 0 amide bonds. The summed E-state index contributed by atoms with van der Waals surface area (Å²) in [5.41, 5.74) is 3.27. The van der Waals surface area contributed by atoms with E-state index in [1.807, 2.05) is 0 Å². The summed E-state index contributed by atoms with van der Waals surface area (Å²) in [4.78, 5) is 0. The fourth-order valence-corrected chi connectivity index (χ4v) is 3.48. The molecule has 1 fully saturated rings. The lowest BCUT2D eigenvalue weighted by Crippen LogP contribution is -2.30. The first-order chi connectivity index (χ1) is 9.45. The van der Waals surface area contributed by atoms with Gasteiger partial charge in [-0.3, -0.25) is 0 Å². The number of nitrogens with one attached hydrogen (secondary N) is 1. The predicted molar refractivity (Wildman–Crippen MR) is 87.8 cm³/mol. The van der Waals surface area contributed by atoms with Gasteiger partial charge in [-0.25, -0.2) is 0 Å². The van der Waals surface area contributed by atoms with Gasteiger partial charge in [-0.05, 0) is 62.0 Å². The van der Waals surface area contributed by atoms with Crippen LogP contribution in [0.2, 0.25) is 0 Å². The fraction of sp³-hybridized carbons (Fsp3) is 0.684. The molecule has 0 bridgehead atoms. The van der Waals surface area contributed by atoms with Crippen LogP contribution >= 0.6 is 0 Å². The summed E-state index contributed by atoms with van der Waals surface area (Å²) in [7, 11) is 0. The van der Waals surface area contributed by atoms with Gasteiger partial charge in [0.2, 0.25) is 0 Å². The summed E-state index contributed by atoms with van der Waals surface area (Å²) in [6.45, 7) is 11.6. The lowest BCUT2D eigenvalue weighted by atomic mass is 9.70. The molecule has 1 nitrogen and oxygen atoms in total. The topological polar surface area (TPSA) is 12.0 Å². The first kappa shape index (κ1) is 15.6. The van der Waals surface area contributed by atoms with Crippen LogP contribution in [0.15, 0.2) is 24.3 Å². The van der Waals surface area contributed by atoms with Gasteiger partial charge in [0.05, 0.1) is 0 Å². The highest BCUT2D eigenvalue weighted by molar-refractivity contribution is 5.21. The summed E-state index contributed by atoms with van der Waals surface area (Å²) in [6, 6.07) is 8.82. The lowest BCUT2D eigenvalue weighted by molar-refractivity contribution is 0.149. The second-order valence-corrected chi connectivity index (χ2v) is 7.70. The van der Waals surface area contributed by atoms with Gasteiger partial charge in [0.1, 0.15) is 0 Å². The molecule has 112 valence electrons. The monoisotopic (exact) mass is 273 g/mol. The Morgan fingerprint density at radius 2 is 1.80 bits per heavy atom. The standard InChI is InChI=1S/C19H31N/c1-15-6-5-7-17(12-15)14-20-13-16-8-10-18(11-9-16)19(2,3)4/h5-7,12,16,18,20H,8-11,13-14H2,1-4H3. The SMILES string of the molecule is Cc1cccc(CNCC2CCC(C(C)(C)C)CC2)c1. The number of benzene rings is 1. The second-order valence-electron chi connectivity index (χ2n) is 7.70. The Labute approximate surface area is 125 Å². The fourth-order valence-electron chi connectivity index (χ4n) is 3.48. The highest BCUT2D eigenvalue weighted by Gasteiger charge is 2.29. The molecule has 1 aromatic rings. The van der Waals surface area contributed by atoms with E-state index in [9.17, 15) is 0 Å². The number of aryl methyl sites for hydroxylation is 1. The van der Waals surface area contributed by atoms with E-state index >= 15 is 0 Å². The summed E-state index contributed by atoms with van der Waals surface area (Å²) < 4.78 is 0. The zero-order chi connectivity index (χ0) is 14.6. The van der Waals surface area contributed by atoms with Gasteiger partial charge in [-0.15, -0.1) is 0 Å². The summed E-state index contributed by atoms with van der Waals surface area (Å²) in [5.74, 6) is 1.81. The Bertz CT molecular complexity index is 408.